The predicted molar refractivity (Wildman–Crippen MR) is 69.3 cm³/mol. The maximum absolute atomic E-state index is 11.8. The number of nitrogens with one attached hydrogen (secondary N) is 1. The molecule has 2 atom stereocenters. The summed E-state index contributed by atoms with van der Waals surface area (Å²) in [6, 6.07) is 3.50. The molecule has 1 aliphatic heterocycles. The second kappa shape index (κ2) is 5.35. The minimum Gasteiger partial charge on any atom is -0.389 e. The van der Waals surface area contributed by atoms with Crippen LogP contribution < -0.4 is 10.2 Å². The van der Waals surface area contributed by atoms with Crippen molar-refractivity contribution < 1.29 is 9.90 Å². The van der Waals surface area contributed by atoms with Gasteiger partial charge in [-0.3, -0.25) is 4.79 Å². The van der Waals surface area contributed by atoms with Crippen LogP contribution in [0.1, 0.15) is 31.4 Å². The summed E-state index contributed by atoms with van der Waals surface area (Å²) < 4.78 is 0. The van der Waals surface area contributed by atoms with Gasteiger partial charge in [-0.1, -0.05) is 0 Å². The minimum absolute atomic E-state index is 0.0248. The number of hydrogen-bond acceptors (Lipinski definition) is 4. The van der Waals surface area contributed by atoms with Gasteiger partial charge in [-0.25, -0.2) is 4.98 Å². The molecule has 0 aromatic carbocycles. The van der Waals surface area contributed by atoms with Gasteiger partial charge in [0, 0.05) is 19.8 Å². The van der Waals surface area contributed by atoms with Crippen LogP contribution in [-0.4, -0.2) is 35.6 Å². The molecule has 0 spiro atoms. The largest absolute Gasteiger partial charge is 0.389 e. The van der Waals surface area contributed by atoms with Gasteiger partial charge in [-0.2, -0.15) is 0 Å². The number of aromatic nitrogens is 1. The Morgan fingerprint density at radius 2 is 2.44 bits per heavy atom. The lowest BCUT2D eigenvalue weighted by Crippen LogP contribution is -2.42. The molecule has 0 saturated carbocycles. The molecule has 0 aliphatic carbocycles. The highest BCUT2D eigenvalue weighted by Crippen LogP contribution is 2.25. The molecule has 0 bridgehead atoms. The van der Waals surface area contributed by atoms with Gasteiger partial charge in [0.05, 0.1) is 6.10 Å². The molecule has 5 nitrogen and oxygen atoms in total. The summed E-state index contributed by atoms with van der Waals surface area (Å²) in [5.74, 6) is 0.788. The smallest absolute Gasteiger partial charge is 0.242 e. The second-order valence-corrected chi connectivity index (χ2v) is 4.59. The Balaban J connectivity index is 2.24. The Hall–Kier alpha value is -1.62. The number of carbonyl (C=O) groups is 1. The Kier molecular flexibility index (Phi) is 3.81. The van der Waals surface area contributed by atoms with Crippen LogP contribution >= 0.6 is 0 Å². The van der Waals surface area contributed by atoms with Crippen molar-refractivity contribution in [2.75, 3.05) is 18.5 Å². The van der Waals surface area contributed by atoms with Gasteiger partial charge in [0.15, 0.2) is 0 Å². The van der Waals surface area contributed by atoms with E-state index in [4.69, 9.17) is 0 Å². The van der Waals surface area contributed by atoms with Crippen LogP contribution in [0, 0.1) is 0 Å². The van der Waals surface area contributed by atoms with E-state index < -0.39 is 6.10 Å². The number of pyridine rings is 1. The van der Waals surface area contributed by atoms with Gasteiger partial charge in [0.25, 0.3) is 0 Å². The zero-order valence-corrected chi connectivity index (χ0v) is 10.8. The van der Waals surface area contributed by atoms with Gasteiger partial charge in [-0.15, -0.1) is 0 Å². The fraction of sp³-hybridized carbons (Fsp3) is 0.538. The van der Waals surface area contributed by atoms with E-state index in [9.17, 15) is 9.90 Å². The molecular formula is C13H19N3O2. The summed E-state index contributed by atoms with van der Waals surface area (Å²) in [5.41, 5.74) is 0.822. The van der Waals surface area contributed by atoms with Crippen molar-refractivity contribution in [1.29, 1.82) is 0 Å². The predicted octanol–water partition coefficient (Wildman–Crippen LogP) is 0.850. The number of hydrogen-bond donors (Lipinski definition) is 2. The second-order valence-electron chi connectivity index (χ2n) is 4.59. The first-order chi connectivity index (χ1) is 8.63. The van der Waals surface area contributed by atoms with Crippen molar-refractivity contribution in [1.82, 2.24) is 10.3 Å². The molecule has 5 heteroatoms. The fourth-order valence-electron chi connectivity index (χ4n) is 2.33. The lowest BCUT2D eigenvalue weighted by molar-refractivity contribution is -0.121. The van der Waals surface area contributed by atoms with E-state index in [1.165, 1.54) is 0 Å². The number of anilines is 1. The molecule has 98 valence electrons. The Morgan fingerprint density at radius 3 is 3.11 bits per heavy atom. The Morgan fingerprint density at radius 1 is 1.67 bits per heavy atom. The highest BCUT2D eigenvalue weighted by Gasteiger charge is 2.31. The van der Waals surface area contributed by atoms with Gasteiger partial charge < -0.3 is 15.3 Å². The molecule has 1 aliphatic rings. The zero-order chi connectivity index (χ0) is 13.1. The number of likely N-dealkylation sites (N-methyl/N-ethyl adjacent to an activating group) is 1. The topological polar surface area (TPSA) is 65.5 Å². The number of aliphatic hydroxyl groups excluding tert-OH is 1. The molecule has 1 amide bonds. The first-order valence-electron chi connectivity index (χ1n) is 6.25. The van der Waals surface area contributed by atoms with Gasteiger partial charge >= 0.3 is 0 Å². The van der Waals surface area contributed by atoms with Crippen molar-refractivity contribution >= 4 is 11.7 Å². The average Bonchev–Trinajstić information content (AvgIpc) is 2.87. The number of amides is 1. The minimum atomic E-state index is -0.521. The van der Waals surface area contributed by atoms with E-state index in [2.05, 4.69) is 10.3 Å². The molecule has 1 fully saturated rings. The molecule has 2 heterocycles. The van der Waals surface area contributed by atoms with Crippen LogP contribution in [0.4, 0.5) is 5.82 Å². The molecular weight excluding hydrogens is 230 g/mol. The summed E-state index contributed by atoms with van der Waals surface area (Å²) >= 11 is 0. The van der Waals surface area contributed by atoms with E-state index in [-0.39, 0.29) is 11.9 Å². The molecule has 1 aromatic rings. The first kappa shape index (κ1) is 12.8. The van der Waals surface area contributed by atoms with Gasteiger partial charge in [0.1, 0.15) is 11.9 Å². The average molecular weight is 249 g/mol. The zero-order valence-electron chi connectivity index (χ0n) is 10.8. The van der Waals surface area contributed by atoms with Crippen LogP contribution in [0.3, 0.4) is 0 Å². The van der Waals surface area contributed by atoms with E-state index in [1.807, 2.05) is 11.0 Å². The van der Waals surface area contributed by atoms with Crippen molar-refractivity contribution in [3.05, 3.63) is 23.9 Å². The molecule has 2 N–H and O–H groups in total. The van der Waals surface area contributed by atoms with Crippen LogP contribution in [0.25, 0.3) is 0 Å². The third-order valence-electron chi connectivity index (χ3n) is 3.35. The standard InChI is InChI=1S/C13H19N3O2/c1-9(17)10-5-6-15-12(8-10)16-7-3-4-11(16)13(18)14-2/h5-6,8-9,11,17H,3-4,7H2,1-2H3,(H,14,18)/t9-,11?/m1/s1. The Labute approximate surface area is 107 Å². The molecule has 1 saturated heterocycles. The maximum atomic E-state index is 11.8. The lowest BCUT2D eigenvalue weighted by Gasteiger charge is -2.24. The van der Waals surface area contributed by atoms with Crippen LogP contribution in [0.15, 0.2) is 18.3 Å². The third-order valence-corrected chi connectivity index (χ3v) is 3.35. The lowest BCUT2D eigenvalue weighted by atomic mass is 10.1. The summed E-state index contributed by atoms with van der Waals surface area (Å²) in [7, 11) is 1.65. The molecule has 1 unspecified atom stereocenters. The van der Waals surface area contributed by atoms with Crippen molar-refractivity contribution in [3.63, 3.8) is 0 Å². The van der Waals surface area contributed by atoms with Crippen LogP contribution in [-0.2, 0) is 4.79 Å². The first-order valence-corrected chi connectivity index (χ1v) is 6.25. The summed E-state index contributed by atoms with van der Waals surface area (Å²) in [6.07, 6.45) is 2.99. The van der Waals surface area contributed by atoms with E-state index in [1.54, 1.807) is 26.2 Å². The highest BCUT2D eigenvalue weighted by atomic mass is 16.3. The van der Waals surface area contributed by atoms with E-state index >= 15 is 0 Å². The van der Waals surface area contributed by atoms with E-state index in [0.29, 0.717) is 0 Å². The van der Waals surface area contributed by atoms with Crippen molar-refractivity contribution in [2.24, 2.45) is 0 Å². The van der Waals surface area contributed by atoms with Crippen LogP contribution in [0.2, 0.25) is 0 Å². The highest BCUT2D eigenvalue weighted by molar-refractivity contribution is 5.85. The van der Waals surface area contributed by atoms with Crippen LogP contribution in [0.5, 0.6) is 0 Å². The van der Waals surface area contributed by atoms with Crippen molar-refractivity contribution in [2.45, 2.75) is 31.9 Å². The molecule has 1 aromatic heterocycles. The number of nitrogens with zero attached hydrogens (tertiary/aromatic N) is 2. The van der Waals surface area contributed by atoms with Gasteiger partial charge in [0.2, 0.25) is 5.91 Å². The normalized spacial score (nSPS) is 20.8. The quantitative estimate of drug-likeness (QED) is 0.833. The van der Waals surface area contributed by atoms with Crippen molar-refractivity contribution in [3.8, 4) is 0 Å². The SMILES string of the molecule is CNC(=O)C1CCCN1c1cc([C@@H](C)O)ccn1. The Bertz CT molecular complexity index is 434. The number of carbonyl (C=O) groups excluding carboxylic acids is 1. The fourth-order valence-corrected chi connectivity index (χ4v) is 2.33. The number of rotatable bonds is 3. The summed E-state index contributed by atoms with van der Waals surface area (Å²) in [4.78, 5) is 18.1. The molecule has 0 radical (unpaired) electrons. The third kappa shape index (κ3) is 2.46. The van der Waals surface area contributed by atoms with Gasteiger partial charge in [-0.05, 0) is 37.5 Å². The maximum Gasteiger partial charge on any atom is 0.242 e. The summed E-state index contributed by atoms with van der Waals surface area (Å²) in [6.45, 7) is 2.55. The molecule has 18 heavy (non-hydrogen) atoms. The summed E-state index contributed by atoms with van der Waals surface area (Å²) in [5, 5.41) is 12.3. The monoisotopic (exact) mass is 249 g/mol. The number of aliphatic hydroxyl groups is 1. The van der Waals surface area contributed by atoms with E-state index in [0.717, 1.165) is 30.8 Å². The molecule has 2 rings (SSSR count).